The number of carboxylic acids is 1. The van der Waals surface area contributed by atoms with Crippen LogP contribution in [0.4, 0.5) is 5.69 Å². The summed E-state index contributed by atoms with van der Waals surface area (Å²) in [7, 11) is 0. The third-order valence-electron chi connectivity index (χ3n) is 3.91. The van der Waals surface area contributed by atoms with Crippen LogP contribution in [0, 0.1) is 0 Å². The molecule has 0 bridgehead atoms. The molecule has 0 aliphatic carbocycles. The number of carbonyl (C=O) groups is 2. The minimum Gasteiger partial charge on any atom is -0.480 e. The van der Waals surface area contributed by atoms with E-state index in [9.17, 15) is 14.7 Å². The monoisotopic (exact) mass is 322 g/mol. The predicted molar refractivity (Wildman–Crippen MR) is 88.3 cm³/mol. The van der Waals surface area contributed by atoms with Gasteiger partial charge in [-0.05, 0) is 37.8 Å². The quantitative estimate of drug-likeness (QED) is 0.788. The lowest BCUT2D eigenvalue weighted by atomic mass is 10.0. The van der Waals surface area contributed by atoms with Gasteiger partial charge in [0.25, 0.3) is 0 Å². The maximum Gasteiger partial charge on any atom is 0.320 e. The summed E-state index contributed by atoms with van der Waals surface area (Å²) < 4.78 is 0. The number of carboxylic acid groups (broad SMARTS) is 1. The van der Waals surface area contributed by atoms with E-state index in [0.29, 0.717) is 19.4 Å². The van der Waals surface area contributed by atoms with E-state index in [4.69, 9.17) is 0 Å². The fourth-order valence-electron chi connectivity index (χ4n) is 2.74. The molecule has 0 saturated carbocycles. The van der Waals surface area contributed by atoms with Crippen molar-refractivity contribution in [2.45, 2.75) is 36.6 Å². The number of likely N-dealkylation sites (tertiary alicyclic amines) is 1. The Morgan fingerprint density at radius 2 is 2.14 bits per heavy atom. The summed E-state index contributed by atoms with van der Waals surface area (Å²) in [5.41, 5.74) is 0.813. The molecule has 1 atom stereocenters. The molecule has 120 valence electrons. The normalized spacial score (nSPS) is 18.9. The Morgan fingerprint density at radius 1 is 1.36 bits per heavy atom. The van der Waals surface area contributed by atoms with Crippen molar-refractivity contribution in [2.75, 3.05) is 24.7 Å². The average molecular weight is 322 g/mol. The molecule has 1 aromatic rings. The largest absolute Gasteiger partial charge is 0.480 e. The molecular weight excluding hydrogens is 300 g/mol. The van der Waals surface area contributed by atoms with E-state index in [-0.39, 0.29) is 5.91 Å². The molecule has 1 fully saturated rings. The van der Waals surface area contributed by atoms with E-state index < -0.39 is 12.0 Å². The molecule has 1 amide bonds. The number of nitrogens with one attached hydrogen (secondary N) is 1. The Bertz CT molecular complexity index is 536. The van der Waals surface area contributed by atoms with E-state index in [2.05, 4.69) is 5.32 Å². The van der Waals surface area contributed by atoms with Gasteiger partial charge in [-0.3, -0.25) is 14.5 Å². The van der Waals surface area contributed by atoms with E-state index in [1.807, 2.05) is 35.4 Å². The number of hydrogen-bond donors (Lipinski definition) is 2. The number of nitrogens with zero attached hydrogens (tertiary/aromatic N) is 1. The SMILES string of the molecule is CSc1ccccc1NC(=O)CCN1CCCCC1C(=O)O. The predicted octanol–water partition coefficient (Wildman–Crippen LogP) is 2.68. The van der Waals surface area contributed by atoms with Crippen LogP contribution >= 0.6 is 11.8 Å². The number of aliphatic carboxylic acids is 1. The number of thioether (sulfide) groups is 1. The Balaban J connectivity index is 1.88. The van der Waals surface area contributed by atoms with Crippen LogP contribution in [0.25, 0.3) is 0 Å². The number of piperidine rings is 1. The zero-order valence-corrected chi connectivity index (χ0v) is 13.6. The zero-order chi connectivity index (χ0) is 15.9. The molecular formula is C16H22N2O3S. The highest BCUT2D eigenvalue weighted by Crippen LogP contribution is 2.24. The molecule has 22 heavy (non-hydrogen) atoms. The van der Waals surface area contributed by atoms with E-state index in [1.165, 1.54) is 0 Å². The molecule has 1 aromatic carbocycles. The van der Waals surface area contributed by atoms with Gasteiger partial charge in [0.1, 0.15) is 6.04 Å². The van der Waals surface area contributed by atoms with E-state index in [1.54, 1.807) is 11.8 Å². The Morgan fingerprint density at radius 3 is 2.86 bits per heavy atom. The van der Waals surface area contributed by atoms with Crippen molar-refractivity contribution in [1.82, 2.24) is 4.90 Å². The lowest BCUT2D eigenvalue weighted by Crippen LogP contribution is -2.45. The van der Waals surface area contributed by atoms with Crippen molar-refractivity contribution < 1.29 is 14.7 Å². The third kappa shape index (κ3) is 4.48. The van der Waals surface area contributed by atoms with Crippen LogP contribution in [0.1, 0.15) is 25.7 Å². The minimum atomic E-state index is -0.784. The lowest BCUT2D eigenvalue weighted by Gasteiger charge is -2.32. The van der Waals surface area contributed by atoms with Gasteiger partial charge in [0, 0.05) is 17.9 Å². The first kappa shape index (κ1) is 16.8. The van der Waals surface area contributed by atoms with E-state index >= 15 is 0 Å². The van der Waals surface area contributed by atoms with Crippen LogP contribution in [0.3, 0.4) is 0 Å². The van der Waals surface area contributed by atoms with Gasteiger partial charge in [-0.2, -0.15) is 0 Å². The van der Waals surface area contributed by atoms with Gasteiger partial charge < -0.3 is 10.4 Å². The number of rotatable bonds is 6. The van der Waals surface area contributed by atoms with Gasteiger partial charge >= 0.3 is 5.97 Å². The Labute approximate surface area is 135 Å². The number of anilines is 1. The Kier molecular flexibility index (Phi) is 6.27. The topological polar surface area (TPSA) is 69.6 Å². The van der Waals surface area contributed by atoms with Gasteiger partial charge in [0.15, 0.2) is 0 Å². The molecule has 1 heterocycles. The first-order valence-corrected chi connectivity index (χ1v) is 8.74. The molecule has 0 aromatic heterocycles. The van der Waals surface area contributed by atoms with Crippen LogP contribution in [0.15, 0.2) is 29.2 Å². The number of hydrogen-bond acceptors (Lipinski definition) is 4. The van der Waals surface area contributed by atoms with Crippen LogP contribution in [0.5, 0.6) is 0 Å². The lowest BCUT2D eigenvalue weighted by molar-refractivity contribution is -0.144. The number of para-hydroxylation sites is 1. The zero-order valence-electron chi connectivity index (χ0n) is 12.7. The standard InChI is InChI=1S/C16H22N2O3S/c1-22-14-8-3-2-6-12(14)17-15(19)9-11-18-10-5-4-7-13(18)16(20)21/h2-3,6,8,13H,4-5,7,9-11H2,1H3,(H,17,19)(H,20,21). The molecule has 1 saturated heterocycles. The minimum absolute atomic E-state index is 0.0730. The molecule has 1 unspecified atom stereocenters. The second-order valence-electron chi connectivity index (χ2n) is 5.38. The fraction of sp³-hybridized carbons (Fsp3) is 0.500. The van der Waals surface area contributed by atoms with Crippen molar-refractivity contribution in [1.29, 1.82) is 0 Å². The number of amides is 1. The number of carbonyl (C=O) groups excluding carboxylic acids is 1. The van der Waals surface area contributed by atoms with Crippen molar-refractivity contribution in [3.8, 4) is 0 Å². The van der Waals surface area contributed by atoms with Crippen LogP contribution in [0.2, 0.25) is 0 Å². The number of benzene rings is 1. The van der Waals surface area contributed by atoms with Crippen molar-refractivity contribution in [3.05, 3.63) is 24.3 Å². The van der Waals surface area contributed by atoms with Crippen LogP contribution in [-0.2, 0) is 9.59 Å². The molecule has 6 heteroatoms. The first-order valence-electron chi connectivity index (χ1n) is 7.51. The second kappa shape index (κ2) is 8.19. The van der Waals surface area contributed by atoms with Gasteiger partial charge in [-0.25, -0.2) is 0 Å². The molecule has 1 aliphatic rings. The van der Waals surface area contributed by atoms with E-state index in [0.717, 1.165) is 30.0 Å². The highest BCUT2D eigenvalue weighted by molar-refractivity contribution is 7.98. The van der Waals surface area contributed by atoms with Crippen molar-refractivity contribution >= 4 is 29.3 Å². The highest BCUT2D eigenvalue weighted by atomic mass is 32.2. The summed E-state index contributed by atoms with van der Waals surface area (Å²) in [5.74, 6) is -0.857. The summed E-state index contributed by atoms with van der Waals surface area (Å²) >= 11 is 1.59. The highest BCUT2D eigenvalue weighted by Gasteiger charge is 2.28. The third-order valence-corrected chi connectivity index (χ3v) is 4.70. The smallest absolute Gasteiger partial charge is 0.320 e. The van der Waals surface area contributed by atoms with Crippen LogP contribution in [-0.4, -0.2) is 47.3 Å². The molecule has 0 spiro atoms. The molecule has 2 N–H and O–H groups in total. The van der Waals surface area contributed by atoms with Gasteiger partial charge in [0.05, 0.1) is 5.69 Å². The molecule has 2 rings (SSSR count). The van der Waals surface area contributed by atoms with Crippen LogP contribution < -0.4 is 5.32 Å². The first-order chi connectivity index (χ1) is 10.6. The maximum absolute atomic E-state index is 12.1. The Hall–Kier alpha value is -1.53. The second-order valence-corrected chi connectivity index (χ2v) is 6.23. The summed E-state index contributed by atoms with van der Waals surface area (Å²) in [5, 5.41) is 12.1. The maximum atomic E-state index is 12.1. The van der Waals surface area contributed by atoms with Gasteiger partial charge in [-0.1, -0.05) is 18.6 Å². The molecule has 5 nitrogen and oxygen atoms in total. The summed E-state index contributed by atoms with van der Waals surface area (Å²) in [6.07, 6.45) is 4.90. The van der Waals surface area contributed by atoms with Crippen molar-refractivity contribution in [3.63, 3.8) is 0 Å². The van der Waals surface area contributed by atoms with Crippen molar-refractivity contribution in [2.24, 2.45) is 0 Å². The fourth-order valence-corrected chi connectivity index (χ4v) is 3.30. The summed E-state index contributed by atoms with van der Waals surface area (Å²) in [4.78, 5) is 26.3. The summed E-state index contributed by atoms with van der Waals surface area (Å²) in [6.45, 7) is 1.25. The van der Waals surface area contributed by atoms with Gasteiger partial charge in [0.2, 0.25) is 5.91 Å². The average Bonchev–Trinajstić information content (AvgIpc) is 2.53. The summed E-state index contributed by atoms with van der Waals surface area (Å²) in [6, 6.07) is 7.23. The van der Waals surface area contributed by atoms with Gasteiger partial charge in [-0.15, -0.1) is 11.8 Å². The molecule has 0 radical (unpaired) electrons. The molecule has 1 aliphatic heterocycles.